The van der Waals surface area contributed by atoms with Gasteiger partial charge in [-0.25, -0.2) is 4.39 Å². The van der Waals surface area contributed by atoms with Gasteiger partial charge < -0.3 is 15.2 Å². The highest BCUT2D eigenvalue weighted by Crippen LogP contribution is 2.38. The van der Waals surface area contributed by atoms with Gasteiger partial charge in [-0.3, -0.25) is 4.79 Å². The first-order valence-electron chi connectivity index (χ1n) is 4.36. The normalized spacial score (nSPS) is 9.35. The van der Waals surface area contributed by atoms with Gasteiger partial charge in [-0.15, -0.1) is 0 Å². The van der Waals surface area contributed by atoms with Crippen LogP contribution in [0, 0.1) is 5.82 Å². The third-order valence-corrected chi connectivity index (χ3v) is 2.00. The highest BCUT2D eigenvalue weighted by Gasteiger charge is 2.21. The first kappa shape index (κ1) is 12.6. The molecule has 1 aromatic rings. The van der Waals surface area contributed by atoms with Crippen LogP contribution in [0.15, 0.2) is 11.2 Å². The Morgan fingerprint density at radius 1 is 1.53 bits per heavy atom. The summed E-state index contributed by atoms with van der Waals surface area (Å²) in [5.41, 5.74) is 12.6. The van der Waals surface area contributed by atoms with Crippen LogP contribution in [0.4, 0.5) is 10.1 Å². The third kappa shape index (κ3) is 2.21. The Labute approximate surface area is 95.6 Å². The van der Waals surface area contributed by atoms with Gasteiger partial charge in [0.2, 0.25) is 5.91 Å². The molecule has 0 aliphatic rings. The van der Waals surface area contributed by atoms with Gasteiger partial charge in [0.15, 0.2) is 17.3 Å². The highest BCUT2D eigenvalue weighted by atomic mass is 19.1. The molecule has 90 valence electrons. The summed E-state index contributed by atoms with van der Waals surface area (Å²) in [6.07, 6.45) is 0. The molecular formula is C9H9FN4O3. The minimum Gasteiger partial charge on any atom is -0.493 e. The Kier molecular flexibility index (Phi) is 3.74. The molecule has 0 spiro atoms. The van der Waals surface area contributed by atoms with Gasteiger partial charge in [0, 0.05) is 4.91 Å². The second kappa shape index (κ2) is 5.04. The monoisotopic (exact) mass is 240 g/mol. The molecule has 0 aliphatic carbocycles. The Bertz CT molecular complexity index is 511. The van der Waals surface area contributed by atoms with E-state index in [-0.39, 0.29) is 17.1 Å². The maximum Gasteiger partial charge on any atom is 0.249 e. The number of rotatable bonds is 4. The molecule has 1 amide bonds. The van der Waals surface area contributed by atoms with E-state index in [4.69, 9.17) is 20.7 Å². The molecule has 0 fully saturated rings. The molecule has 0 bridgehead atoms. The number of amides is 1. The molecule has 1 aromatic carbocycles. The van der Waals surface area contributed by atoms with Crippen molar-refractivity contribution < 1.29 is 18.7 Å². The molecule has 0 heterocycles. The van der Waals surface area contributed by atoms with Crippen LogP contribution in [0.25, 0.3) is 10.4 Å². The van der Waals surface area contributed by atoms with Gasteiger partial charge in [0.1, 0.15) is 0 Å². The number of hydrogen-bond donors (Lipinski definition) is 1. The quantitative estimate of drug-likeness (QED) is 0.492. The first-order valence-corrected chi connectivity index (χ1v) is 4.36. The van der Waals surface area contributed by atoms with E-state index in [1.807, 2.05) is 0 Å². The van der Waals surface area contributed by atoms with E-state index in [2.05, 4.69) is 10.0 Å². The summed E-state index contributed by atoms with van der Waals surface area (Å²) in [5.74, 6) is -2.22. The van der Waals surface area contributed by atoms with E-state index in [9.17, 15) is 9.18 Å². The van der Waals surface area contributed by atoms with Crippen molar-refractivity contribution in [2.24, 2.45) is 10.8 Å². The van der Waals surface area contributed by atoms with Crippen molar-refractivity contribution >= 4 is 11.6 Å². The SMILES string of the molecule is COc1cc(C(N)=O)c(N=[N+]=[N-])c(F)c1OC. The minimum absolute atomic E-state index is 0.0179. The molecule has 1 rings (SSSR count). The molecule has 0 aromatic heterocycles. The predicted octanol–water partition coefficient (Wildman–Crippen LogP) is 1.88. The Hall–Kier alpha value is -2.47. The second-order valence-electron chi connectivity index (χ2n) is 2.88. The lowest BCUT2D eigenvalue weighted by molar-refractivity contribution is 0.1000. The van der Waals surface area contributed by atoms with Crippen molar-refractivity contribution in [2.75, 3.05) is 14.2 Å². The zero-order chi connectivity index (χ0) is 13.0. The number of carbonyl (C=O) groups excluding carboxylic acids is 1. The molecule has 2 N–H and O–H groups in total. The number of benzene rings is 1. The molecular weight excluding hydrogens is 231 g/mol. The van der Waals surface area contributed by atoms with E-state index in [1.54, 1.807) is 0 Å². The fourth-order valence-electron chi connectivity index (χ4n) is 1.27. The molecule has 0 radical (unpaired) electrons. The van der Waals surface area contributed by atoms with Crippen molar-refractivity contribution in [1.29, 1.82) is 0 Å². The van der Waals surface area contributed by atoms with Crippen LogP contribution in [0.2, 0.25) is 0 Å². The average molecular weight is 240 g/mol. The number of primary amides is 1. The van der Waals surface area contributed by atoms with Gasteiger partial charge in [0.05, 0.1) is 25.5 Å². The van der Waals surface area contributed by atoms with Crippen molar-refractivity contribution in [3.05, 3.63) is 27.9 Å². The number of nitrogens with two attached hydrogens (primary N) is 1. The van der Waals surface area contributed by atoms with Crippen LogP contribution in [0.1, 0.15) is 10.4 Å². The first-order chi connectivity index (χ1) is 8.06. The smallest absolute Gasteiger partial charge is 0.249 e. The molecule has 0 saturated carbocycles. The summed E-state index contributed by atoms with van der Waals surface area (Å²) in [5, 5.41) is 3.08. The van der Waals surface area contributed by atoms with Crippen molar-refractivity contribution in [1.82, 2.24) is 0 Å². The van der Waals surface area contributed by atoms with E-state index >= 15 is 0 Å². The van der Waals surface area contributed by atoms with Gasteiger partial charge in [-0.05, 0) is 11.6 Å². The fraction of sp³-hybridized carbons (Fsp3) is 0.222. The zero-order valence-corrected chi connectivity index (χ0v) is 9.10. The number of azide groups is 1. The van der Waals surface area contributed by atoms with Crippen LogP contribution in [-0.2, 0) is 0 Å². The molecule has 0 saturated heterocycles. The Morgan fingerprint density at radius 2 is 2.18 bits per heavy atom. The largest absolute Gasteiger partial charge is 0.493 e. The number of ether oxygens (including phenoxy) is 2. The summed E-state index contributed by atoms with van der Waals surface area (Å²) >= 11 is 0. The second-order valence-corrected chi connectivity index (χ2v) is 2.88. The molecule has 7 nitrogen and oxygen atoms in total. The van der Waals surface area contributed by atoms with Crippen molar-refractivity contribution in [2.45, 2.75) is 0 Å². The Balaban J connectivity index is 3.67. The van der Waals surface area contributed by atoms with Crippen LogP contribution in [0.5, 0.6) is 11.5 Å². The fourth-order valence-corrected chi connectivity index (χ4v) is 1.27. The Morgan fingerprint density at radius 3 is 2.59 bits per heavy atom. The summed E-state index contributed by atoms with van der Waals surface area (Å²) in [4.78, 5) is 13.5. The summed E-state index contributed by atoms with van der Waals surface area (Å²) in [7, 11) is 2.49. The summed E-state index contributed by atoms with van der Waals surface area (Å²) in [6, 6.07) is 1.15. The number of halogens is 1. The van der Waals surface area contributed by atoms with Gasteiger partial charge in [-0.2, -0.15) is 0 Å². The number of carbonyl (C=O) groups is 1. The maximum atomic E-state index is 13.9. The summed E-state index contributed by atoms with van der Waals surface area (Å²) in [6.45, 7) is 0. The summed E-state index contributed by atoms with van der Waals surface area (Å²) < 4.78 is 23.4. The number of nitrogens with zero attached hydrogens (tertiary/aromatic N) is 3. The lowest BCUT2D eigenvalue weighted by Gasteiger charge is -2.12. The lowest BCUT2D eigenvalue weighted by Crippen LogP contribution is -2.12. The van der Waals surface area contributed by atoms with E-state index in [0.717, 1.165) is 6.07 Å². The van der Waals surface area contributed by atoms with E-state index in [0.29, 0.717) is 0 Å². The van der Waals surface area contributed by atoms with E-state index < -0.39 is 17.4 Å². The molecule has 0 aliphatic heterocycles. The van der Waals surface area contributed by atoms with E-state index in [1.165, 1.54) is 14.2 Å². The topological polar surface area (TPSA) is 110 Å². The zero-order valence-electron chi connectivity index (χ0n) is 9.10. The van der Waals surface area contributed by atoms with Gasteiger partial charge in [-0.1, -0.05) is 5.11 Å². The highest BCUT2D eigenvalue weighted by molar-refractivity contribution is 5.98. The van der Waals surface area contributed by atoms with Crippen molar-refractivity contribution in [3.63, 3.8) is 0 Å². The third-order valence-electron chi connectivity index (χ3n) is 2.00. The van der Waals surface area contributed by atoms with Crippen LogP contribution >= 0.6 is 0 Å². The maximum absolute atomic E-state index is 13.9. The molecule has 17 heavy (non-hydrogen) atoms. The number of hydrogen-bond acceptors (Lipinski definition) is 4. The van der Waals surface area contributed by atoms with Crippen LogP contribution in [-0.4, -0.2) is 20.1 Å². The van der Waals surface area contributed by atoms with Crippen LogP contribution < -0.4 is 15.2 Å². The predicted molar refractivity (Wildman–Crippen MR) is 56.8 cm³/mol. The number of methoxy groups -OCH3 is 2. The molecule has 8 heteroatoms. The van der Waals surface area contributed by atoms with Crippen LogP contribution in [0.3, 0.4) is 0 Å². The molecule has 0 atom stereocenters. The van der Waals surface area contributed by atoms with Crippen molar-refractivity contribution in [3.8, 4) is 11.5 Å². The standard InChI is InChI=1S/C9H9FN4O3/c1-16-5-3-4(9(11)15)7(13-14-12)6(10)8(5)17-2/h3H,1-2H3,(H2,11,15). The lowest BCUT2D eigenvalue weighted by atomic mass is 10.1. The van der Waals surface area contributed by atoms with Gasteiger partial charge >= 0.3 is 0 Å². The molecule has 0 unspecified atom stereocenters. The van der Waals surface area contributed by atoms with Gasteiger partial charge in [0.25, 0.3) is 0 Å². The average Bonchev–Trinajstić information content (AvgIpc) is 2.30. The minimum atomic E-state index is -1.00.